The van der Waals surface area contributed by atoms with Gasteiger partial charge >= 0.3 is 0 Å². The summed E-state index contributed by atoms with van der Waals surface area (Å²) in [5.41, 5.74) is 12.8. The summed E-state index contributed by atoms with van der Waals surface area (Å²) in [7, 11) is 1.02. The first-order valence-electron chi connectivity index (χ1n) is 13.5. The van der Waals surface area contributed by atoms with Gasteiger partial charge in [0.25, 0.3) is 0 Å². The Bertz CT molecular complexity index is 1050. The molecule has 0 amide bonds. The van der Waals surface area contributed by atoms with Gasteiger partial charge in [0.05, 0.1) is 9.52 Å². The van der Waals surface area contributed by atoms with Crippen LogP contribution in [0.25, 0.3) is 11.1 Å². The van der Waals surface area contributed by atoms with Crippen molar-refractivity contribution in [2.75, 3.05) is 0 Å². The molecule has 1 saturated heterocycles. The average molecular weight is 467 g/mol. The zero-order chi connectivity index (χ0) is 24.1. The summed E-state index contributed by atoms with van der Waals surface area (Å²) in [4.78, 5) is 0. The molecule has 2 unspecified atom stereocenters. The SMILES string of the molecule is CC(C)(C)c1ccc2c(c1)C(C1CCCCCC(C3=CC=CC3)[Si]1)c1cc(C(C)(C)C)ccc1-2. The van der Waals surface area contributed by atoms with Crippen LogP contribution in [-0.4, -0.2) is 9.52 Å². The van der Waals surface area contributed by atoms with E-state index in [9.17, 15) is 0 Å². The quantitative estimate of drug-likeness (QED) is 0.386. The molecular formula is C33H42Si. The van der Waals surface area contributed by atoms with Gasteiger partial charge in [-0.1, -0.05) is 127 Å². The zero-order valence-corrected chi connectivity index (χ0v) is 23.2. The minimum absolute atomic E-state index is 0.178. The van der Waals surface area contributed by atoms with Crippen molar-refractivity contribution in [3.8, 4) is 11.1 Å². The molecule has 3 aliphatic rings. The van der Waals surface area contributed by atoms with E-state index >= 15 is 0 Å². The van der Waals surface area contributed by atoms with Crippen LogP contribution < -0.4 is 0 Å². The van der Waals surface area contributed by atoms with E-state index in [1.54, 1.807) is 16.7 Å². The lowest BCUT2D eigenvalue weighted by Crippen LogP contribution is -2.21. The number of hydrogen-bond donors (Lipinski definition) is 0. The molecule has 2 aromatic carbocycles. The monoisotopic (exact) mass is 466 g/mol. The molecule has 0 aromatic heterocycles. The Kier molecular flexibility index (Phi) is 6.30. The molecular weight excluding hydrogens is 424 g/mol. The number of benzene rings is 2. The first-order chi connectivity index (χ1) is 16.1. The van der Waals surface area contributed by atoms with Gasteiger partial charge in [0, 0.05) is 5.92 Å². The van der Waals surface area contributed by atoms with Gasteiger partial charge in [0.2, 0.25) is 0 Å². The molecule has 2 aliphatic carbocycles. The summed E-state index contributed by atoms with van der Waals surface area (Å²) in [6.07, 6.45) is 15.2. The number of fused-ring (bicyclic) bond motifs is 3. The van der Waals surface area contributed by atoms with Crippen molar-refractivity contribution in [2.24, 2.45) is 0 Å². The average Bonchev–Trinajstić information content (AvgIpc) is 3.38. The molecule has 178 valence electrons. The van der Waals surface area contributed by atoms with E-state index in [2.05, 4.69) is 96.2 Å². The van der Waals surface area contributed by atoms with Crippen molar-refractivity contribution < 1.29 is 0 Å². The van der Waals surface area contributed by atoms with E-state index in [-0.39, 0.29) is 10.8 Å². The highest BCUT2D eigenvalue weighted by Crippen LogP contribution is 2.54. The van der Waals surface area contributed by atoms with Crippen LogP contribution in [0.15, 0.2) is 60.2 Å². The van der Waals surface area contributed by atoms with Crippen LogP contribution in [0.2, 0.25) is 11.1 Å². The Balaban J connectivity index is 1.62. The van der Waals surface area contributed by atoms with Crippen LogP contribution in [0.5, 0.6) is 0 Å². The highest BCUT2D eigenvalue weighted by molar-refractivity contribution is 6.41. The van der Waals surface area contributed by atoms with E-state index in [0.29, 0.717) is 5.92 Å². The number of hydrogen-bond acceptors (Lipinski definition) is 0. The fourth-order valence-corrected chi connectivity index (χ4v) is 8.49. The second-order valence-corrected chi connectivity index (χ2v) is 14.7. The van der Waals surface area contributed by atoms with E-state index in [1.165, 1.54) is 60.8 Å². The maximum Gasteiger partial charge on any atom is 0.0513 e. The highest BCUT2D eigenvalue weighted by Gasteiger charge is 2.38. The smallest absolute Gasteiger partial charge is 0.0513 e. The van der Waals surface area contributed by atoms with E-state index in [4.69, 9.17) is 0 Å². The largest absolute Gasteiger partial charge is 0.0805 e. The molecule has 0 bridgehead atoms. The Labute approximate surface area is 210 Å². The van der Waals surface area contributed by atoms with Crippen LogP contribution in [0.4, 0.5) is 0 Å². The van der Waals surface area contributed by atoms with Gasteiger partial charge in [-0.3, -0.25) is 0 Å². The summed E-state index contributed by atoms with van der Waals surface area (Å²) in [6.45, 7) is 14.1. The van der Waals surface area contributed by atoms with Crippen LogP contribution in [0, 0.1) is 0 Å². The Morgan fingerprint density at radius 3 is 1.85 bits per heavy atom. The molecule has 1 aliphatic heterocycles. The highest BCUT2D eigenvalue weighted by atomic mass is 28.2. The molecule has 5 rings (SSSR count). The molecule has 0 N–H and O–H groups in total. The fourth-order valence-electron chi connectivity index (χ4n) is 6.26. The van der Waals surface area contributed by atoms with Gasteiger partial charge in [-0.25, -0.2) is 0 Å². The molecule has 0 saturated carbocycles. The molecule has 2 atom stereocenters. The van der Waals surface area contributed by atoms with Crippen molar-refractivity contribution in [1.82, 2.24) is 0 Å². The maximum absolute atomic E-state index is 2.59. The van der Waals surface area contributed by atoms with Crippen LogP contribution in [-0.2, 0) is 10.8 Å². The predicted octanol–water partition coefficient (Wildman–Crippen LogP) is 9.53. The Morgan fingerprint density at radius 1 is 0.735 bits per heavy atom. The van der Waals surface area contributed by atoms with E-state index < -0.39 is 0 Å². The summed E-state index contributed by atoms with van der Waals surface area (Å²) < 4.78 is 0. The lowest BCUT2D eigenvalue weighted by molar-refractivity contribution is 0.539. The van der Waals surface area contributed by atoms with Crippen molar-refractivity contribution >= 4 is 9.52 Å². The van der Waals surface area contributed by atoms with Crippen molar-refractivity contribution in [3.63, 3.8) is 0 Å². The molecule has 0 nitrogen and oxygen atoms in total. The Morgan fingerprint density at radius 2 is 1.32 bits per heavy atom. The standard InChI is InChI=1S/C33H42Si/c1-32(2,3)23-16-18-25-26-19-17-24(33(4,5)6)21-28(26)31(27(25)20-23)30-15-9-7-8-14-29(34-30)22-12-10-11-13-22/h10-12,16-21,29-31H,7-9,13-15H2,1-6H3. The molecule has 2 radical (unpaired) electrons. The van der Waals surface area contributed by atoms with Gasteiger partial charge in [0.1, 0.15) is 0 Å². The molecule has 1 fully saturated rings. The van der Waals surface area contributed by atoms with Crippen LogP contribution in [0.1, 0.15) is 108 Å². The van der Waals surface area contributed by atoms with Gasteiger partial charge < -0.3 is 0 Å². The Hall–Kier alpha value is -1.86. The minimum atomic E-state index is 0.178. The molecule has 0 spiro atoms. The topological polar surface area (TPSA) is 0 Å². The fraction of sp³-hybridized carbons (Fsp3) is 0.515. The third kappa shape index (κ3) is 4.53. The number of allylic oxidation sites excluding steroid dienone is 4. The lowest BCUT2D eigenvalue weighted by atomic mass is 9.82. The van der Waals surface area contributed by atoms with Gasteiger partial charge in [-0.05, 0) is 68.1 Å². The molecule has 34 heavy (non-hydrogen) atoms. The third-order valence-corrected chi connectivity index (χ3v) is 10.5. The first-order valence-corrected chi connectivity index (χ1v) is 14.7. The predicted molar refractivity (Wildman–Crippen MR) is 149 cm³/mol. The van der Waals surface area contributed by atoms with E-state index in [0.717, 1.165) is 20.6 Å². The molecule has 1 heteroatoms. The molecule has 2 aromatic rings. The van der Waals surface area contributed by atoms with E-state index in [1.807, 2.05) is 0 Å². The summed E-state index contributed by atoms with van der Waals surface area (Å²) in [6, 6.07) is 14.8. The zero-order valence-electron chi connectivity index (χ0n) is 22.2. The number of rotatable bonds is 2. The van der Waals surface area contributed by atoms with Gasteiger partial charge in [-0.15, -0.1) is 0 Å². The van der Waals surface area contributed by atoms with Gasteiger partial charge in [0.15, 0.2) is 0 Å². The summed E-state index contributed by atoms with van der Waals surface area (Å²) >= 11 is 0. The maximum atomic E-state index is 2.59. The second kappa shape index (κ2) is 8.97. The normalized spacial score (nSPS) is 23.3. The van der Waals surface area contributed by atoms with Crippen LogP contribution in [0.3, 0.4) is 0 Å². The summed E-state index contributed by atoms with van der Waals surface area (Å²) in [5.74, 6) is 0.545. The third-order valence-electron chi connectivity index (χ3n) is 8.37. The lowest BCUT2D eigenvalue weighted by Gasteiger charge is -2.32. The van der Waals surface area contributed by atoms with Gasteiger partial charge in [-0.2, -0.15) is 0 Å². The first kappa shape index (κ1) is 23.9. The minimum Gasteiger partial charge on any atom is -0.0805 e. The van der Waals surface area contributed by atoms with Crippen molar-refractivity contribution in [1.29, 1.82) is 0 Å². The molecule has 1 heterocycles. The summed E-state index contributed by atoms with van der Waals surface area (Å²) in [5, 5.41) is 0. The van der Waals surface area contributed by atoms with Crippen LogP contribution >= 0.6 is 0 Å². The van der Waals surface area contributed by atoms with Crippen molar-refractivity contribution in [2.45, 2.75) is 108 Å². The second-order valence-electron chi connectivity index (χ2n) is 12.9. The van der Waals surface area contributed by atoms with Crippen molar-refractivity contribution in [3.05, 3.63) is 82.5 Å².